The molecule has 0 unspecified atom stereocenters. The van der Waals surface area contributed by atoms with Gasteiger partial charge in [0.05, 0.1) is 5.41 Å². The summed E-state index contributed by atoms with van der Waals surface area (Å²) in [6.45, 7) is 2.40. The number of pyridine rings is 1. The standard InChI is InChI=1S/C24H21ClN6O3/c25-18-6-5-17-20(26-18)28-23(33-17)31-9-7-30(8-10-31)21(32)16-3-1-15(2-4-16)19-27-22(34-29-19)24-11-14(12-24)13-24/h1-6,14H,7-13H2. The third-order valence-electron chi connectivity index (χ3n) is 7.35. The number of fused-ring (bicyclic) bond motifs is 1. The fraction of sp³-hybridized carbons (Fsp3) is 0.375. The Kier molecular flexibility index (Phi) is 4.27. The van der Waals surface area contributed by atoms with E-state index >= 15 is 0 Å². The van der Waals surface area contributed by atoms with Crippen LogP contribution in [0.2, 0.25) is 5.15 Å². The Balaban J connectivity index is 1.01. The van der Waals surface area contributed by atoms with Crippen molar-refractivity contribution in [1.82, 2.24) is 25.0 Å². The van der Waals surface area contributed by atoms with Gasteiger partial charge in [-0.25, -0.2) is 4.98 Å². The number of amides is 1. The van der Waals surface area contributed by atoms with Crippen molar-refractivity contribution in [2.75, 3.05) is 31.1 Å². The van der Waals surface area contributed by atoms with Crippen molar-refractivity contribution in [2.45, 2.75) is 24.7 Å². The van der Waals surface area contributed by atoms with Gasteiger partial charge in [-0.2, -0.15) is 9.97 Å². The highest BCUT2D eigenvalue weighted by molar-refractivity contribution is 6.29. The summed E-state index contributed by atoms with van der Waals surface area (Å²) < 4.78 is 11.3. The highest BCUT2D eigenvalue weighted by Gasteiger charge is 2.61. The first-order chi connectivity index (χ1) is 16.6. The summed E-state index contributed by atoms with van der Waals surface area (Å²) in [6.07, 6.45) is 3.52. The number of carbonyl (C=O) groups is 1. The molecule has 172 valence electrons. The number of hydrogen-bond donors (Lipinski definition) is 0. The Labute approximate surface area is 199 Å². The number of nitrogens with zero attached hydrogens (tertiary/aromatic N) is 6. The van der Waals surface area contributed by atoms with E-state index in [-0.39, 0.29) is 11.3 Å². The highest BCUT2D eigenvalue weighted by Crippen LogP contribution is 2.64. The van der Waals surface area contributed by atoms with Crippen LogP contribution in [-0.2, 0) is 5.41 Å². The zero-order valence-corrected chi connectivity index (χ0v) is 19.0. The van der Waals surface area contributed by atoms with Crippen molar-refractivity contribution < 1.29 is 13.7 Å². The van der Waals surface area contributed by atoms with Gasteiger partial charge in [0.15, 0.2) is 5.58 Å². The number of piperazine rings is 1. The molecule has 8 rings (SSSR count). The minimum absolute atomic E-state index is 0.000110. The molecule has 2 bridgehead atoms. The molecule has 4 aromatic rings. The second-order valence-corrected chi connectivity index (χ2v) is 9.88. The van der Waals surface area contributed by atoms with Crippen LogP contribution in [0, 0.1) is 5.92 Å². The third-order valence-corrected chi connectivity index (χ3v) is 7.56. The zero-order chi connectivity index (χ0) is 22.9. The summed E-state index contributed by atoms with van der Waals surface area (Å²) in [6, 6.07) is 11.4. The first kappa shape index (κ1) is 20.0. The van der Waals surface area contributed by atoms with Gasteiger partial charge in [-0.1, -0.05) is 28.9 Å². The van der Waals surface area contributed by atoms with E-state index < -0.39 is 0 Å². The molecule has 1 saturated heterocycles. The van der Waals surface area contributed by atoms with Crippen LogP contribution in [0.4, 0.5) is 6.01 Å². The van der Waals surface area contributed by atoms with Crippen LogP contribution in [0.3, 0.4) is 0 Å². The number of anilines is 1. The van der Waals surface area contributed by atoms with Crippen molar-refractivity contribution in [3.63, 3.8) is 0 Å². The molecular weight excluding hydrogens is 456 g/mol. The summed E-state index contributed by atoms with van der Waals surface area (Å²) in [5, 5.41) is 4.55. The van der Waals surface area contributed by atoms with E-state index in [0.29, 0.717) is 60.0 Å². The lowest BCUT2D eigenvalue weighted by Crippen LogP contribution is -2.55. The van der Waals surface area contributed by atoms with Crippen LogP contribution < -0.4 is 4.90 Å². The van der Waals surface area contributed by atoms with E-state index in [0.717, 1.165) is 17.4 Å². The maximum atomic E-state index is 13.1. The molecule has 1 amide bonds. The predicted octanol–water partition coefficient (Wildman–Crippen LogP) is 3.94. The molecule has 3 saturated carbocycles. The fourth-order valence-corrected chi connectivity index (χ4v) is 5.40. The molecule has 0 radical (unpaired) electrons. The van der Waals surface area contributed by atoms with Gasteiger partial charge in [0, 0.05) is 37.3 Å². The first-order valence-corrected chi connectivity index (χ1v) is 11.9. The van der Waals surface area contributed by atoms with Crippen molar-refractivity contribution in [3.8, 4) is 11.4 Å². The summed E-state index contributed by atoms with van der Waals surface area (Å²) >= 11 is 5.94. The molecule has 34 heavy (non-hydrogen) atoms. The van der Waals surface area contributed by atoms with Crippen LogP contribution >= 0.6 is 11.6 Å². The van der Waals surface area contributed by atoms with Crippen molar-refractivity contribution in [3.05, 3.63) is 53.0 Å². The zero-order valence-electron chi connectivity index (χ0n) is 18.3. The smallest absolute Gasteiger partial charge is 0.300 e. The van der Waals surface area contributed by atoms with Gasteiger partial charge in [-0.15, -0.1) is 0 Å². The second-order valence-electron chi connectivity index (χ2n) is 9.49. The molecule has 0 N–H and O–H groups in total. The maximum Gasteiger partial charge on any atom is 0.300 e. The van der Waals surface area contributed by atoms with E-state index in [2.05, 4.69) is 20.1 Å². The summed E-state index contributed by atoms with van der Waals surface area (Å²) in [5.41, 5.74) is 2.72. The predicted molar refractivity (Wildman–Crippen MR) is 124 cm³/mol. The van der Waals surface area contributed by atoms with E-state index in [4.69, 9.17) is 20.5 Å². The lowest BCUT2D eigenvalue weighted by molar-refractivity contribution is -0.0512. The topological polar surface area (TPSA) is 101 Å². The van der Waals surface area contributed by atoms with E-state index in [1.807, 2.05) is 34.1 Å². The molecule has 4 fully saturated rings. The Morgan fingerprint density at radius 3 is 2.44 bits per heavy atom. The molecule has 3 aliphatic carbocycles. The molecule has 0 spiro atoms. The van der Waals surface area contributed by atoms with Gasteiger partial charge in [-0.3, -0.25) is 4.79 Å². The molecule has 1 aliphatic heterocycles. The molecule has 1 aromatic carbocycles. The number of halogens is 1. The molecular formula is C24H21ClN6O3. The third kappa shape index (κ3) is 3.10. The minimum atomic E-state index is -0.000110. The first-order valence-electron chi connectivity index (χ1n) is 11.5. The van der Waals surface area contributed by atoms with Crippen LogP contribution in [0.1, 0.15) is 35.5 Å². The van der Waals surface area contributed by atoms with Gasteiger partial charge in [0.1, 0.15) is 5.15 Å². The molecule has 3 aromatic heterocycles. The fourth-order valence-electron chi connectivity index (χ4n) is 5.26. The lowest BCUT2D eigenvalue weighted by atomic mass is 9.44. The normalized spacial score (nSPS) is 23.6. The average molecular weight is 477 g/mol. The van der Waals surface area contributed by atoms with Gasteiger partial charge in [0.2, 0.25) is 17.4 Å². The molecule has 4 heterocycles. The Morgan fingerprint density at radius 2 is 1.74 bits per heavy atom. The van der Waals surface area contributed by atoms with Gasteiger partial charge < -0.3 is 18.7 Å². The van der Waals surface area contributed by atoms with E-state index in [1.54, 1.807) is 12.1 Å². The van der Waals surface area contributed by atoms with Crippen LogP contribution in [-0.4, -0.2) is 57.1 Å². The maximum absolute atomic E-state index is 13.1. The molecule has 10 heteroatoms. The number of aromatic nitrogens is 4. The largest absolute Gasteiger partial charge is 0.422 e. The van der Waals surface area contributed by atoms with Crippen LogP contribution in [0.5, 0.6) is 0 Å². The van der Waals surface area contributed by atoms with Crippen molar-refractivity contribution >= 4 is 34.8 Å². The number of benzene rings is 1. The number of carbonyl (C=O) groups excluding carboxylic acids is 1. The number of hydrogen-bond acceptors (Lipinski definition) is 8. The Hall–Kier alpha value is -3.46. The quantitative estimate of drug-likeness (QED) is 0.408. The molecule has 4 aliphatic rings. The van der Waals surface area contributed by atoms with Crippen molar-refractivity contribution in [2.24, 2.45) is 5.92 Å². The molecule has 0 atom stereocenters. The van der Waals surface area contributed by atoms with Crippen molar-refractivity contribution in [1.29, 1.82) is 0 Å². The van der Waals surface area contributed by atoms with Gasteiger partial charge in [0.25, 0.3) is 11.9 Å². The second kappa shape index (κ2) is 7.27. The Bertz CT molecular complexity index is 1390. The van der Waals surface area contributed by atoms with Crippen LogP contribution in [0.25, 0.3) is 22.6 Å². The SMILES string of the molecule is O=C(c1ccc(-c2noc(C34CC(C3)C4)n2)cc1)N1CCN(c2nc3nc(Cl)ccc3o2)CC1. The van der Waals surface area contributed by atoms with E-state index in [9.17, 15) is 4.79 Å². The lowest BCUT2D eigenvalue weighted by Gasteiger charge is -2.59. The summed E-state index contributed by atoms with van der Waals surface area (Å²) in [5.74, 6) is 2.20. The summed E-state index contributed by atoms with van der Waals surface area (Å²) in [7, 11) is 0. The summed E-state index contributed by atoms with van der Waals surface area (Å²) in [4.78, 5) is 30.2. The average Bonchev–Trinajstić information content (AvgIpc) is 3.44. The van der Waals surface area contributed by atoms with Gasteiger partial charge in [-0.05, 0) is 49.4 Å². The minimum Gasteiger partial charge on any atom is -0.422 e. The van der Waals surface area contributed by atoms with Crippen LogP contribution in [0.15, 0.2) is 45.3 Å². The van der Waals surface area contributed by atoms with Gasteiger partial charge >= 0.3 is 0 Å². The molecule has 9 nitrogen and oxygen atoms in total. The highest BCUT2D eigenvalue weighted by atomic mass is 35.5. The Morgan fingerprint density at radius 1 is 0.971 bits per heavy atom. The number of oxazole rings is 1. The van der Waals surface area contributed by atoms with E-state index in [1.165, 1.54) is 19.3 Å². The number of rotatable bonds is 4. The monoisotopic (exact) mass is 476 g/mol.